The first-order chi connectivity index (χ1) is 11.0. The first-order valence-corrected chi connectivity index (χ1v) is 7.98. The number of carboxylic acids is 1. The Kier molecular flexibility index (Phi) is 5.91. The first kappa shape index (κ1) is 17.2. The van der Waals surface area contributed by atoms with E-state index < -0.39 is 5.97 Å². The molecule has 0 aliphatic rings. The van der Waals surface area contributed by atoms with E-state index in [-0.39, 0.29) is 24.6 Å². The van der Waals surface area contributed by atoms with Gasteiger partial charge >= 0.3 is 5.97 Å². The van der Waals surface area contributed by atoms with E-state index in [1.54, 1.807) is 12.3 Å². The van der Waals surface area contributed by atoms with E-state index in [0.717, 1.165) is 16.6 Å². The van der Waals surface area contributed by atoms with Gasteiger partial charge in [0.05, 0.1) is 23.1 Å². The first-order valence-electron chi connectivity index (χ1n) is 7.18. The van der Waals surface area contributed by atoms with Crippen molar-refractivity contribution >= 4 is 27.8 Å². The second kappa shape index (κ2) is 7.91. The van der Waals surface area contributed by atoms with Crippen molar-refractivity contribution in [1.82, 2.24) is 24.9 Å². The Bertz CT molecular complexity index is 675. The Hall–Kier alpha value is -2.16. The zero-order valence-corrected chi connectivity index (χ0v) is 14.3. The highest BCUT2D eigenvalue weighted by Gasteiger charge is 2.09. The summed E-state index contributed by atoms with van der Waals surface area (Å²) < 4.78 is 4.24. The number of aryl methyl sites for hydroxylation is 3. The zero-order chi connectivity index (χ0) is 16.8. The van der Waals surface area contributed by atoms with E-state index in [1.165, 1.54) is 4.68 Å². The molecule has 2 N–H and O–H groups in total. The molecule has 2 aromatic heterocycles. The van der Waals surface area contributed by atoms with Crippen molar-refractivity contribution in [3.63, 3.8) is 0 Å². The van der Waals surface area contributed by atoms with Gasteiger partial charge < -0.3 is 10.4 Å². The molecule has 0 atom stereocenters. The summed E-state index contributed by atoms with van der Waals surface area (Å²) in [5.41, 5.74) is 1.22. The van der Waals surface area contributed by atoms with Crippen molar-refractivity contribution in [2.24, 2.45) is 0 Å². The molecule has 0 aliphatic carbocycles. The third-order valence-corrected chi connectivity index (χ3v) is 3.94. The van der Waals surface area contributed by atoms with Crippen LogP contribution in [0.4, 0.5) is 0 Å². The van der Waals surface area contributed by atoms with Gasteiger partial charge in [0, 0.05) is 25.5 Å². The van der Waals surface area contributed by atoms with Crippen LogP contribution in [0, 0.1) is 6.92 Å². The molecule has 0 fully saturated rings. The van der Waals surface area contributed by atoms with Crippen molar-refractivity contribution in [2.45, 2.75) is 32.9 Å². The van der Waals surface area contributed by atoms with Crippen LogP contribution in [0.5, 0.6) is 0 Å². The van der Waals surface area contributed by atoms with Crippen LogP contribution < -0.4 is 5.32 Å². The molecule has 2 aromatic rings. The minimum Gasteiger partial charge on any atom is -0.481 e. The Morgan fingerprint density at radius 2 is 2.09 bits per heavy atom. The number of nitrogens with zero attached hydrogens (tertiary/aromatic N) is 4. The summed E-state index contributed by atoms with van der Waals surface area (Å²) in [6, 6.07) is 1.57. The average Bonchev–Trinajstić information content (AvgIpc) is 3.09. The number of halogens is 1. The number of carbonyl (C=O) groups excluding carboxylic acids is 1. The second-order valence-electron chi connectivity index (χ2n) is 5.04. The number of carboxylic acid groups (broad SMARTS) is 1. The van der Waals surface area contributed by atoms with Crippen LogP contribution in [0.25, 0.3) is 0 Å². The number of hydrogen-bond acceptors (Lipinski definition) is 4. The fourth-order valence-corrected chi connectivity index (χ4v) is 2.27. The average molecular weight is 384 g/mol. The van der Waals surface area contributed by atoms with Gasteiger partial charge in [0.2, 0.25) is 0 Å². The van der Waals surface area contributed by atoms with Crippen molar-refractivity contribution in [3.05, 3.63) is 34.3 Å². The molecule has 2 rings (SSSR count). The quantitative estimate of drug-likeness (QED) is 0.671. The van der Waals surface area contributed by atoms with E-state index >= 15 is 0 Å². The lowest BCUT2D eigenvalue weighted by Gasteiger charge is -2.04. The third kappa shape index (κ3) is 5.20. The summed E-state index contributed by atoms with van der Waals surface area (Å²) in [5.74, 6) is -1.16. The van der Waals surface area contributed by atoms with Gasteiger partial charge in [-0.05, 0) is 35.3 Å². The van der Waals surface area contributed by atoms with E-state index in [2.05, 4.69) is 31.4 Å². The minimum atomic E-state index is -0.896. The van der Waals surface area contributed by atoms with Crippen LogP contribution in [0.1, 0.15) is 29.0 Å². The largest absolute Gasteiger partial charge is 0.481 e. The summed E-state index contributed by atoms with van der Waals surface area (Å²) in [6.45, 7) is 3.39. The molecule has 0 saturated carbocycles. The van der Waals surface area contributed by atoms with Gasteiger partial charge in [-0.25, -0.2) is 0 Å². The molecule has 9 heteroatoms. The predicted octanol–water partition coefficient (Wildman–Crippen LogP) is 1.45. The van der Waals surface area contributed by atoms with Crippen LogP contribution >= 0.6 is 15.9 Å². The zero-order valence-electron chi connectivity index (χ0n) is 12.7. The van der Waals surface area contributed by atoms with E-state index in [9.17, 15) is 9.59 Å². The Morgan fingerprint density at radius 1 is 1.30 bits per heavy atom. The molecule has 124 valence electrons. The van der Waals surface area contributed by atoms with Crippen LogP contribution in [-0.2, 0) is 17.9 Å². The number of amides is 1. The summed E-state index contributed by atoms with van der Waals surface area (Å²) in [5, 5.41) is 19.8. The van der Waals surface area contributed by atoms with Crippen LogP contribution in [0.15, 0.2) is 22.9 Å². The van der Waals surface area contributed by atoms with Crippen molar-refractivity contribution in [1.29, 1.82) is 0 Å². The fourth-order valence-electron chi connectivity index (χ4n) is 1.96. The Morgan fingerprint density at radius 3 is 2.74 bits per heavy atom. The lowest BCUT2D eigenvalue weighted by atomic mass is 10.3. The highest BCUT2D eigenvalue weighted by Crippen LogP contribution is 2.13. The molecule has 0 aromatic carbocycles. The van der Waals surface area contributed by atoms with Crippen molar-refractivity contribution < 1.29 is 14.7 Å². The van der Waals surface area contributed by atoms with E-state index in [0.29, 0.717) is 13.1 Å². The number of aromatic nitrogens is 4. The predicted molar refractivity (Wildman–Crippen MR) is 86.1 cm³/mol. The second-order valence-corrected chi connectivity index (χ2v) is 5.90. The molecule has 2 heterocycles. The Balaban J connectivity index is 1.73. The van der Waals surface area contributed by atoms with Crippen LogP contribution in [0.3, 0.4) is 0 Å². The number of rotatable bonds is 8. The maximum absolute atomic E-state index is 11.9. The van der Waals surface area contributed by atoms with Crippen LogP contribution in [0.2, 0.25) is 0 Å². The normalized spacial score (nSPS) is 10.7. The summed E-state index contributed by atoms with van der Waals surface area (Å²) >= 11 is 3.40. The molecule has 0 bridgehead atoms. The maximum atomic E-state index is 11.9. The van der Waals surface area contributed by atoms with Gasteiger partial charge in [0.1, 0.15) is 5.69 Å². The highest BCUT2D eigenvalue weighted by atomic mass is 79.9. The standard InChI is InChI=1S/C14H18BrN5O3/c1-10-11(15)9-20(17-10)6-2-5-16-14(23)12-3-7-19(18-12)8-4-13(21)22/h3,7,9H,2,4-6,8H2,1H3,(H,16,23)(H,21,22). The van der Waals surface area contributed by atoms with Crippen molar-refractivity contribution in [2.75, 3.05) is 6.54 Å². The molecule has 8 nitrogen and oxygen atoms in total. The lowest BCUT2D eigenvalue weighted by molar-refractivity contribution is -0.137. The summed E-state index contributed by atoms with van der Waals surface area (Å²) in [4.78, 5) is 22.4. The lowest BCUT2D eigenvalue weighted by Crippen LogP contribution is -2.26. The Labute approximate surface area is 141 Å². The summed E-state index contributed by atoms with van der Waals surface area (Å²) in [7, 11) is 0. The number of hydrogen-bond donors (Lipinski definition) is 2. The van der Waals surface area contributed by atoms with Crippen molar-refractivity contribution in [3.8, 4) is 0 Å². The molecule has 0 aliphatic heterocycles. The number of aliphatic carboxylic acids is 1. The van der Waals surface area contributed by atoms with Crippen LogP contribution in [-0.4, -0.2) is 43.1 Å². The topological polar surface area (TPSA) is 102 Å². The van der Waals surface area contributed by atoms with Gasteiger partial charge in [0.25, 0.3) is 5.91 Å². The molecule has 0 saturated heterocycles. The molecular formula is C14H18BrN5O3. The third-order valence-electron chi connectivity index (χ3n) is 3.16. The molecule has 0 radical (unpaired) electrons. The monoisotopic (exact) mass is 383 g/mol. The molecular weight excluding hydrogens is 366 g/mol. The molecule has 0 unspecified atom stereocenters. The van der Waals surface area contributed by atoms with Gasteiger partial charge in [-0.1, -0.05) is 0 Å². The smallest absolute Gasteiger partial charge is 0.305 e. The summed E-state index contributed by atoms with van der Waals surface area (Å²) in [6.07, 6.45) is 4.23. The minimum absolute atomic E-state index is 0.0262. The van der Waals surface area contributed by atoms with Gasteiger partial charge in [-0.2, -0.15) is 10.2 Å². The van der Waals surface area contributed by atoms with E-state index in [4.69, 9.17) is 5.11 Å². The van der Waals surface area contributed by atoms with Gasteiger partial charge in [-0.15, -0.1) is 0 Å². The molecule has 23 heavy (non-hydrogen) atoms. The fraction of sp³-hybridized carbons (Fsp3) is 0.429. The number of nitrogens with one attached hydrogen (secondary N) is 1. The van der Waals surface area contributed by atoms with E-state index in [1.807, 2.05) is 17.8 Å². The van der Waals surface area contributed by atoms with Gasteiger partial charge in [-0.3, -0.25) is 19.0 Å². The highest BCUT2D eigenvalue weighted by molar-refractivity contribution is 9.10. The number of carbonyl (C=O) groups is 2. The SMILES string of the molecule is Cc1nn(CCCNC(=O)c2ccn(CCC(=O)O)n2)cc1Br. The maximum Gasteiger partial charge on any atom is 0.305 e. The molecule has 1 amide bonds. The molecule has 0 spiro atoms. The van der Waals surface area contributed by atoms with Gasteiger partial charge in [0.15, 0.2) is 0 Å².